The highest BCUT2D eigenvalue weighted by Crippen LogP contribution is 2.38. The number of carboxylic acids is 1. The number of carbonyl (C=O) groups is 1. The molecule has 0 heterocycles. The third kappa shape index (κ3) is 2.42. The minimum absolute atomic E-state index is 0.113. The van der Waals surface area contributed by atoms with Crippen molar-refractivity contribution in [3.63, 3.8) is 0 Å². The van der Waals surface area contributed by atoms with Crippen molar-refractivity contribution in [1.29, 1.82) is 0 Å². The molecule has 0 spiro atoms. The van der Waals surface area contributed by atoms with Crippen LogP contribution < -0.4 is 5.73 Å². The first kappa shape index (κ1) is 10.5. The molecule has 0 aromatic rings. The smallest absolute Gasteiger partial charge is 0.326 e. The molecule has 13 heavy (non-hydrogen) atoms. The van der Waals surface area contributed by atoms with E-state index in [1.807, 2.05) is 6.92 Å². The van der Waals surface area contributed by atoms with Crippen LogP contribution in [-0.4, -0.2) is 29.8 Å². The predicted octanol–water partition coefficient (Wildman–Crippen LogP) is 0.605. The van der Waals surface area contributed by atoms with Crippen molar-refractivity contribution in [2.75, 3.05) is 13.2 Å². The molecule has 4 heteroatoms. The highest BCUT2D eigenvalue weighted by atomic mass is 16.5. The molecular formula is C9H17NO3. The molecule has 0 aromatic carbocycles. The Labute approximate surface area is 78.1 Å². The average molecular weight is 187 g/mol. The number of rotatable bonds is 6. The third-order valence-corrected chi connectivity index (χ3v) is 2.39. The first-order valence-corrected chi connectivity index (χ1v) is 4.71. The van der Waals surface area contributed by atoms with Crippen LogP contribution in [0, 0.1) is 5.92 Å². The van der Waals surface area contributed by atoms with Crippen molar-refractivity contribution in [3.8, 4) is 0 Å². The largest absolute Gasteiger partial charge is 0.480 e. The zero-order valence-corrected chi connectivity index (χ0v) is 7.95. The molecule has 1 unspecified atom stereocenters. The lowest BCUT2D eigenvalue weighted by molar-refractivity contribution is -0.147. The first-order chi connectivity index (χ1) is 6.11. The van der Waals surface area contributed by atoms with Gasteiger partial charge in [-0.2, -0.15) is 0 Å². The van der Waals surface area contributed by atoms with E-state index in [0.29, 0.717) is 6.61 Å². The van der Waals surface area contributed by atoms with Gasteiger partial charge in [-0.3, -0.25) is 4.79 Å². The second-order valence-corrected chi connectivity index (χ2v) is 3.67. The molecule has 1 atom stereocenters. The Morgan fingerprint density at radius 2 is 2.31 bits per heavy atom. The number of hydrogen-bond acceptors (Lipinski definition) is 3. The van der Waals surface area contributed by atoms with E-state index >= 15 is 0 Å². The monoisotopic (exact) mass is 187 g/mol. The topological polar surface area (TPSA) is 72.5 Å². The summed E-state index contributed by atoms with van der Waals surface area (Å²) >= 11 is 0. The fourth-order valence-corrected chi connectivity index (χ4v) is 1.34. The second-order valence-electron chi connectivity index (χ2n) is 3.67. The van der Waals surface area contributed by atoms with Crippen LogP contribution in [0.4, 0.5) is 0 Å². The van der Waals surface area contributed by atoms with Crippen LogP contribution >= 0.6 is 0 Å². The van der Waals surface area contributed by atoms with Crippen LogP contribution in [0.15, 0.2) is 0 Å². The van der Waals surface area contributed by atoms with Gasteiger partial charge in [0.15, 0.2) is 0 Å². The average Bonchev–Trinajstić information content (AvgIpc) is 2.86. The van der Waals surface area contributed by atoms with E-state index < -0.39 is 11.5 Å². The lowest BCUT2D eigenvalue weighted by atomic mass is 9.96. The van der Waals surface area contributed by atoms with Gasteiger partial charge in [0.25, 0.3) is 0 Å². The van der Waals surface area contributed by atoms with Crippen molar-refractivity contribution >= 4 is 5.97 Å². The maximum atomic E-state index is 10.9. The van der Waals surface area contributed by atoms with E-state index in [4.69, 9.17) is 15.6 Å². The minimum Gasteiger partial charge on any atom is -0.480 e. The molecule has 0 aliphatic heterocycles. The Morgan fingerprint density at radius 1 is 1.69 bits per heavy atom. The van der Waals surface area contributed by atoms with Gasteiger partial charge in [0.2, 0.25) is 0 Å². The number of hydrogen-bond donors (Lipinski definition) is 2. The highest BCUT2D eigenvalue weighted by Gasteiger charge is 2.48. The summed E-state index contributed by atoms with van der Waals surface area (Å²) in [4.78, 5) is 10.9. The fraction of sp³-hybridized carbons (Fsp3) is 0.889. The second kappa shape index (κ2) is 4.07. The van der Waals surface area contributed by atoms with Crippen LogP contribution in [0.2, 0.25) is 0 Å². The normalized spacial score (nSPS) is 21.1. The van der Waals surface area contributed by atoms with E-state index in [1.165, 1.54) is 0 Å². The fourth-order valence-electron chi connectivity index (χ4n) is 1.34. The molecule has 0 amide bonds. The van der Waals surface area contributed by atoms with Gasteiger partial charge in [-0.1, -0.05) is 6.92 Å². The van der Waals surface area contributed by atoms with E-state index in [0.717, 1.165) is 19.3 Å². The van der Waals surface area contributed by atoms with Crippen molar-refractivity contribution in [2.24, 2.45) is 11.7 Å². The van der Waals surface area contributed by atoms with Crippen LogP contribution in [0.1, 0.15) is 26.2 Å². The molecule has 4 nitrogen and oxygen atoms in total. The molecule has 1 aliphatic rings. The quantitative estimate of drug-likeness (QED) is 0.597. The predicted molar refractivity (Wildman–Crippen MR) is 48.4 cm³/mol. The molecule has 0 aromatic heterocycles. The summed E-state index contributed by atoms with van der Waals surface area (Å²) in [5, 5.41) is 8.94. The van der Waals surface area contributed by atoms with E-state index in [9.17, 15) is 4.79 Å². The van der Waals surface area contributed by atoms with E-state index in [2.05, 4.69) is 0 Å². The molecule has 1 aliphatic carbocycles. The molecule has 0 saturated heterocycles. The van der Waals surface area contributed by atoms with Gasteiger partial charge in [-0.05, 0) is 25.2 Å². The Morgan fingerprint density at radius 3 is 2.69 bits per heavy atom. The van der Waals surface area contributed by atoms with E-state index in [-0.39, 0.29) is 12.5 Å². The molecule has 1 saturated carbocycles. The van der Waals surface area contributed by atoms with Crippen LogP contribution in [0.3, 0.4) is 0 Å². The van der Waals surface area contributed by atoms with Crippen LogP contribution in [0.5, 0.6) is 0 Å². The summed E-state index contributed by atoms with van der Waals surface area (Å²) in [6.07, 6.45) is 2.72. The Hall–Kier alpha value is -0.610. The highest BCUT2D eigenvalue weighted by molar-refractivity contribution is 5.79. The van der Waals surface area contributed by atoms with Crippen molar-refractivity contribution in [1.82, 2.24) is 0 Å². The zero-order chi connectivity index (χ0) is 9.90. The van der Waals surface area contributed by atoms with Crippen LogP contribution in [0.25, 0.3) is 0 Å². The Balaban J connectivity index is 2.42. The van der Waals surface area contributed by atoms with Crippen molar-refractivity contribution < 1.29 is 14.6 Å². The lowest BCUT2D eigenvalue weighted by Gasteiger charge is -2.23. The molecule has 0 bridgehead atoms. The standard InChI is InChI=1S/C9H17NO3/c1-2-5-13-6-9(10,8(11)12)7-3-4-7/h7H,2-6,10H2,1H3,(H,11,12). The molecule has 1 rings (SSSR count). The summed E-state index contributed by atoms with van der Waals surface area (Å²) in [6.45, 7) is 2.70. The SMILES string of the molecule is CCCOCC(N)(C(=O)O)C1CC1. The van der Waals surface area contributed by atoms with E-state index in [1.54, 1.807) is 0 Å². The maximum absolute atomic E-state index is 10.9. The maximum Gasteiger partial charge on any atom is 0.326 e. The molecular weight excluding hydrogens is 170 g/mol. The Bertz CT molecular complexity index is 191. The minimum atomic E-state index is -1.14. The van der Waals surface area contributed by atoms with Crippen molar-refractivity contribution in [2.45, 2.75) is 31.7 Å². The molecule has 0 radical (unpaired) electrons. The van der Waals surface area contributed by atoms with Gasteiger partial charge in [0.1, 0.15) is 5.54 Å². The first-order valence-electron chi connectivity index (χ1n) is 4.71. The summed E-state index contributed by atoms with van der Waals surface area (Å²) in [5.74, 6) is -0.826. The summed E-state index contributed by atoms with van der Waals surface area (Å²) < 4.78 is 5.20. The van der Waals surface area contributed by atoms with Gasteiger partial charge in [-0.15, -0.1) is 0 Å². The van der Waals surface area contributed by atoms with Gasteiger partial charge in [0, 0.05) is 6.61 Å². The molecule has 76 valence electrons. The Kier molecular flexibility index (Phi) is 3.27. The van der Waals surface area contributed by atoms with Crippen molar-refractivity contribution in [3.05, 3.63) is 0 Å². The van der Waals surface area contributed by atoms with Gasteiger partial charge >= 0.3 is 5.97 Å². The third-order valence-electron chi connectivity index (χ3n) is 2.39. The number of ether oxygens (including phenoxy) is 1. The van der Waals surface area contributed by atoms with Gasteiger partial charge < -0.3 is 15.6 Å². The van der Waals surface area contributed by atoms with Crippen LogP contribution in [-0.2, 0) is 9.53 Å². The zero-order valence-electron chi connectivity index (χ0n) is 7.95. The summed E-state index contributed by atoms with van der Waals surface area (Å²) in [5.41, 5.74) is 4.62. The lowest BCUT2D eigenvalue weighted by Crippen LogP contribution is -2.54. The molecule has 1 fully saturated rings. The number of carboxylic acid groups (broad SMARTS) is 1. The van der Waals surface area contributed by atoms with Gasteiger partial charge in [0.05, 0.1) is 6.61 Å². The summed E-state index contributed by atoms with van der Waals surface area (Å²) in [6, 6.07) is 0. The number of aliphatic carboxylic acids is 1. The number of nitrogens with two attached hydrogens (primary N) is 1. The van der Waals surface area contributed by atoms with Gasteiger partial charge in [-0.25, -0.2) is 0 Å². The molecule has 3 N–H and O–H groups in total. The summed E-state index contributed by atoms with van der Waals surface area (Å²) in [7, 11) is 0.